The summed E-state index contributed by atoms with van der Waals surface area (Å²) in [4.78, 5) is 22.3. The lowest BCUT2D eigenvalue weighted by Gasteiger charge is -2.37. The Labute approximate surface area is 195 Å². The van der Waals surface area contributed by atoms with Gasteiger partial charge in [-0.2, -0.15) is 0 Å². The van der Waals surface area contributed by atoms with E-state index in [1.54, 1.807) is 0 Å². The van der Waals surface area contributed by atoms with Crippen molar-refractivity contribution in [2.75, 3.05) is 31.1 Å². The Morgan fingerprint density at radius 3 is 2.36 bits per heavy atom. The summed E-state index contributed by atoms with van der Waals surface area (Å²) in [6, 6.07) is 24.9. The molecule has 2 heterocycles. The standard InChI is InChI=1S/C28H30N4O/c1-21-9-8-14-25(22(21)2)30-17-19-31(20-18-30)28(33)16-15-27-29-24-12-6-7-13-26(24)32(27)23-10-4-3-5-11-23/h3-14H,15-20H2,1-2H3. The van der Waals surface area contributed by atoms with Crippen LogP contribution in [-0.4, -0.2) is 46.5 Å². The van der Waals surface area contributed by atoms with Crippen LogP contribution >= 0.6 is 0 Å². The topological polar surface area (TPSA) is 41.4 Å². The fraction of sp³-hybridized carbons (Fsp3) is 0.286. The van der Waals surface area contributed by atoms with Crippen LogP contribution < -0.4 is 4.90 Å². The van der Waals surface area contributed by atoms with Gasteiger partial charge in [0.15, 0.2) is 0 Å². The third kappa shape index (κ3) is 4.23. The van der Waals surface area contributed by atoms with Gasteiger partial charge in [-0.15, -0.1) is 0 Å². The average Bonchev–Trinajstić information content (AvgIpc) is 3.23. The van der Waals surface area contributed by atoms with Crippen molar-refractivity contribution in [2.45, 2.75) is 26.7 Å². The molecule has 4 aromatic rings. The summed E-state index contributed by atoms with van der Waals surface area (Å²) in [6.07, 6.45) is 1.10. The van der Waals surface area contributed by atoms with Gasteiger partial charge in [0.1, 0.15) is 5.82 Å². The molecular weight excluding hydrogens is 408 g/mol. The summed E-state index contributed by atoms with van der Waals surface area (Å²) < 4.78 is 2.18. The number of nitrogens with zero attached hydrogens (tertiary/aromatic N) is 4. The number of fused-ring (bicyclic) bond motifs is 1. The number of aryl methyl sites for hydroxylation is 2. The van der Waals surface area contributed by atoms with E-state index in [4.69, 9.17) is 4.98 Å². The molecular formula is C28H30N4O. The highest BCUT2D eigenvalue weighted by Crippen LogP contribution is 2.25. The second kappa shape index (κ2) is 9.10. The van der Waals surface area contributed by atoms with Crippen molar-refractivity contribution in [3.63, 3.8) is 0 Å². The molecule has 3 aromatic carbocycles. The Balaban J connectivity index is 1.27. The number of hydrogen-bond acceptors (Lipinski definition) is 3. The van der Waals surface area contributed by atoms with Crippen LogP contribution in [0.4, 0.5) is 5.69 Å². The number of aromatic nitrogens is 2. The molecule has 0 saturated carbocycles. The molecule has 0 spiro atoms. The molecule has 1 aliphatic rings. The van der Waals surface area contributed by atoms with E-state index in [1.165, 1.54) is 16.8 Å². The first-order valence-electron chi connectivity index (χ1n) is 11.7. The highest BCUT2D eigenvalue weighted by atomic mass is 16.2. The van der Waals surface area contributed by atoms with E-state index in [0.717, 1.165) is 48.7 Å². The van der Waals surface area contributed by atoms with Crippen LogP contribution in [0.25, 0.3) is 16.7 Å². The zero-order valence-corrected chi connectivity index (χ0v) is 19.4. The zero-order valence-electron chi connectivity index (χ0n) is 19.4. The van der Waals surface area contributed by atoms with E-state index in [0.29, 0.717) is 12.8 Å². The summed E-state index contributed by atoms with van der Waals surface area (Å²) in [7, 11) is 0. The van der Waals surface area contributed by atoms with Crippen molar-refractivity contribution in [2.24, 2.45) is 0 Å². The van der Waals surface area contributed by atoms with E-state index >= 15 is 0 Å². The third-order valence-corrected chi connectivity index (χ3v) is 6.76. The van der Waals surface area contributed by atoms with Gasteiger partial charge in [-0.05, 0) is 55.3 Å². The van der Waals surface area contributed by atoms with Gasteiger partial charge in [-0.25, -0.2) is 4.98 Å². The largest absolute Gasteiger partial charge is 0.368 e. The number of amides is 1. The van der Waals surface area contributed by atoms with Gasteiger partial charge in [-0.1, -0.05) is 42.5 Å². The molecule has 0 radical (unpaired) electrons. The number of anilines is 1. The zero-order chi connectivity index (χ0) is 22.8. The maximum absolute atomic E-state index is 13.1. The molecule has 0 bridgehead atoms. The molecule has 1 fully saturated rings. The Kier molecular flexibility index (Phi) is 5.86. The second-order valence-corrected chi connectivity index (χ2v) is 8.77. The maximum Gasteiger partial charge on any atom is 0.223 e. The molecule has 1 amide bonds. The van der Waals surface area contributed by atoms with E-state index < -0.39 is 0 Å². The lowest BCUT2D eigenvalue weighted by atomic mass is 10.1. The van der Waals surface area contributed by atoms with Crippen molar-refractivity contribution in [3.8, 4) is 5.69 Å². The summed E-state index contributed by atoms with van der Waals surface area (Å²) >= 11 is 0. The molecule has 33 heavy (non-hydrogen) atoms. The fourth-order valence-electron chi connectivity index (χ4n) is 4.76. The Morgan fingerprint density at radius 1 is 0.848 bits per heavy atom. The van der Waals surface area contributed by atoms with Gasteiger partial charge in [0.05, 0.1) is 11.0 Å². The summed E-state index contributed by atoms with van der Waals surface area (Å²) in [6.45, 7) is 7.61. The van der Waals surface area contributed by atoms with E-state index in [9.17, 15) is 4.79 Å². The van der Waals surface area contributed by atoms with Crippen LogP contribution in [0.2, 0.25) is 0 Å². The van der Waals surface area contributed by atoms with Crippen LogP contribution in [0.3, 0.4) is 0 Å². The van der Waals surface area contributed by atoms with E-state index in [2.05, 4.69) is 59.7 Å². The molecule has 5 rings (SSSR count). The average molecular weight is 439 g/mol. The number of para-hydroxylation sites is 3. The number of imidazole rings is 1. The first-order valence-corrected chi connectivity index (χ1v) is 11.7. The van der Waals surface area contributed by atoms with Crippen molar-refractivity contribution in [1.82, 2.24) is 14.5 Å². The van der Waals surface area contributed by atoms with Crippen LogP contribution in [0.15, 0.2) is 72.8 Å². The van der Waals surface area contributed by atoms with Crippen molar-refractivity contribution >= 4 is 22.6 Å². The van der Waals surface area contributed by atoms with Crippen molar-refractivity contribution < 1.29 is 4.79 Å². The van der Waals surface area contributed by atoms with Gasteiger partial charge >= 0.3 is 0 Å². The smallest absolute Gasteiger partial charge is 0.223 e. The summed E-state index contributed by atoms with van der Waals surface area (Å²) in [5.74, 6) is 1.15. The van der Waals surface area contributed by atoms with Gasteiger partial charge in [0, 0.05) is 50.4 Å². The minimum Gasteiger partial charge on any atom is -0.368 e. The van der Waals surface area contributed by atoms with Gasteiger partial charge in [0.2, 0.25) is 5.91 Å². The minimum absolute atomic E-state index is 0.210. The van der Waals surface area contributed by atoms with Gasteiger partial charge < -0.3 is 9.80 Å². The summed E-state index contributed by atoms with van der Waals surface area (Å²) in [5, 5.41) is 0. The molecule has 0 N–H and O–H groups in total. The number of piperazine rings is 1. The highest BCUT2D eigenvalue weighted by molar-refractivity contribution is 5.79. The second-order valence-electron chi connectivity index (χ2n) is 8.77. The van der Waals surface area contributed by atoms with Crippen LogP contribution in [-0.2, 0) is 11.2 Å². The Bertz CT molecular complexity index is 1270. The van der Waals surface area contributed by atoms with Gasteiger partial charge in [0.25, 0.3) is 0 Å². The molecule has 1 aromatic heterocycles. The van der Waals surface area contributed by atoms with Crippen molar-refractivity contribution in [3.05, 3.63) is 89.7 Å². The molecule has 0 aliphatic carbocycles. The van der Waals surface area contributed by atoms with Gasteiger partial charge in [-0.3, -0.25) is 9.36 Å². The quantitative estimate of drug-likeness (QED) is 0.444. The normalized spacial score (nSPS) is 14.1. The Morgan fingerprint density at radius 2 is 1.58 bits per heavy atom. The van der Waals surface area contributed by atoms with Crippen LogP contribution in [0, 0.1) is 13.8 Å². The number of carbonyl (C=O) groups is 1. The fourth-order valence-corrected chi connectivity index (χ4v) is 4.76. The lowest BCUT2D eigenvalue weighted by Crippen LogP contribution is -2.49. The third-order valence-electron chi connectivity index (χ3n) is 6.76. The SMILES string of the molecule is Cc1cccc(N2CCN(C(=O)CCc3nc4ccccc4n3-c3ccccc3)CC2)c1C. The molecule has 1 aliphatic heterocycles. The monoisotopic (exact) mass is 438 g/mol. The predicted octanol–water partition coefficient (Wildman–Crippen LogP) is 4.92. The van der Waals surface area contributed by atoms with Crippen LogP contribution in [0.5, 0.6) is 0 Å². The summed E-state index contributed by atoms with van der Waals surface area (Å²) in [5.41, 5.74) is 7.05. The first kappa shape index (κ1) is 21.3. The molecule has 5 nitrogen and oxygen atoms in total. The van der Waals surface area contributed by atoms with E-state index in [1.807, 2.05) is 41.3 Å². The number of rotatable bonds is 5. The predicted molar refractivity (Wildman–Crippen MR) is 134 cm³/mol. The Hall–Kier alpha value is -3.60. The molecule has 168 valence electrons. The number of hydrogen-bond donors (Lipinski definition) is 0. The first-order chi connectivity index (χ1) is 16.1. The maximum atomic E-state index is 13.1. The number of carbonyl (C=O) groups excluding carboxylic acids is 1. The van der Waals surface area contributed by atoms with Crippen LogP contribution in [0.1, 0.15) is 23.4 Å². The molecule has 1 saturated heterocycles. The van der Waals surface area contributed by atoms with Crippen molar-refractivity contribution in [1.29, 1.82) is 0 Å². The van der Waals surface area contributed by atoms with E-state index in [-0.39, 0.29) is 5.91 Å². The number of benzene rings is 3. The molecule has 5 heteroatoms. The lowest BCUT2D eigenvalue weighted by molar-refractivity contribution is -0.131. The molecule has 0 atom stereocenters. The highest BCUT2D eigenvalue weighted by Gasteiger charge is 2.23. The minimum atomic E-state index is 0.210. The molecule has 0 unspecified atom stereocenters.